The Morgan fingerprint density at radius 3 is 2.54 bits per heavy atom. The summed E-state index contributed by atoms with van der Waals surface area (Å²) in [6.07, 6.45) is 0.107. The molecule has 0 fully saturated rings. The van der Waals surface area contributed by atoms with Gasteiger partial charge in [-0.15, -0.1) is 0 Å². The highest BCUT2D eigenvalue weighted by molar-refractivity contribution is 7.78. The second kappa shape index (κ2) is 7.15. The first kappa shape index (κ1) is 12.7. The van der Waals surface area contributed by atoms with Crippen LogP contribution in [0.2, 0.25) is 0 Å². The number of likely N-dealkylation sites (N-methyl/N-ethyl adjacent to an activating group) is 1. The third-order valence-corrected chi connectivity index (χ3v) is 1.96. The molecule has 0 aromatic rings. The van der Waals surface area contributed by atoms with E-state index < -0.39 is 0 Å². The largest absolute Gasteiger partial charge is 0.375 e. The Morgan fingerprint density at radius 2 is 2.08 bits per heavy atom. The molecular weight excluding hydrogens is 184 g/mol. The van der Waals surface area contributed by atoms with Crippen LogP contribution in [-0.4, -0.2) is 49.5 Å². The first-order valence-corrected chi connectivity index (χ1v) is 4.82. The fourth-order valence-corrected chi connectivity index (χ4v) is 0.915. The minimum atomic E-state index is 0.0969. The number of rotatable bonds is 6. The van der Waals surface area contributed by atoms with Gasteiger partial charge in [-0.25, -0.2) is 4.99 Å². The van der Waals surface area contributed by atoms with Crippen LogP contribution in [0.1, 0.15) is 13.8 Å². The van der Waals surface area contributed by atoms with Gasteiger partial charge in [-0.2, -0.15) is 0 Å². The zero-order chi connectivity index (χ0) is 10.3. The number of thiocarbonyl (C=S) groups is 1. The van der Waals surface area contributed by atoms with Gasteiger partial charge in [0, 0.05) is 6.54 Å². The summed E-state index contributed by atoms with van der Waals surface area (Å²) in [5, 5.41) is 2.37. The van der Waals surface area contributed by atoms with Gasteiger partial charge in [-0.05, 0) is 40.2 Å². The molecule has 0 radical (unpaired) electrons. The number of hydrogen-bond donors (Lipinski definition) is 0. The molecule has 0 aromatic carbocycles. The van der Waals surface area contributed by atoms with Crippen LogP contribution in [0, 0.1) is 0 Å². The van der Waals surface area contributed by atoms with Gasteiger partial charge < -0.3 is 9.64 Å². The van der Waals surface area contributed by atoms with Crippen molar-refractivity contribution in [2.24, 2.45) is 4.99 Å². The lowest BCUT2D eigenvalue weighted by atomic mass is 10.2. The molecule has 13 heavy (non-hydrogen) atoms. The monoisotopic (exact) mass is 202 g/mol. The maximum absolute atomic E-state index is 5.55. The Labute approximate surface area is 85.8 Å². The highest BCUT2D eigenvalue weighted by atomic mass is 32.1. The molecule has 0 saturated carbocycles. The number of ether oxygens (including phenoxy) is 1. The number of aliphatic imine (C=N–C) groups is 1. The van der Waals surface area contributed by atoms with E-state index >= 15 is 0 Å². The molecule has 0 aliphatic rings. The van der Waals surface area contributed by atoms with E-state index in [1.807, 2.05) is 27.9 Å². The number of hydrogen-bond acceptors (Lipinski definition) is 4. The van der Waals surface area contributed by atoms with Crippen LogP contribution in [0.5, 0.6) is 0 Å². The molecule has 0 aromatic heterocycles. The summed E-state index contributed by atoms with van der Waals surface area (Å²) < 4.78 is 5.55. The van der Waals surface area contributed by atoms with Gasteiger partial charge in [0.15, 0.2) is 0 Å². The first-order valence-electron chi connectivity index (χ1n) is 4.41. The van der Waals surface area contributed by atoms with Crippen LogP contribution in [-0.2, 0) is 4.74 Å². The van der Waals surface area contributed by atoms with E-state index in [9.17, 15) is 0 Å². The van der Waals surface area contributed by atoms with Crippen molar-refractivity contribution in [1.82, 2.24) is 4.90 Å². The Bertz CT molecular complexity index is 178. The average molecular weight is 202 g/mol. The number of isothiocyanates is 1. The second-order valence-corrected chi connectivity index (χ2v) is 3.52. The van der Waals surface area contributed by atoms with Gasteiger partial charge in [0.05, 0.1) is 23.9 Å². The Kier molecular flexibility index (Phi) is 7.00. The maximum Gasteiger partial charge on any atom is 0.0833 e. The van der Waals surface area contributed by atoms with E-state index in [4.69, 9.17) is 4.74 Å². The summed E-state index contributed by atoms with van der Waals surface area (Å²) in [7, 11) is 4.04. The molecular formula is C9H18N2OS. The van der Waals surface area contributed by atoms with Crippen molar-refractivity contribution in [3.05, 3.63) is 0 Å². The summed E-state index contributed by atoms with van der Waals surface area (Å²) in [6.45, 7) is 5.62. The molecule has 76 valence electrons. The molecule has 0 aliphatic heterocycles. The molecule has 4 heteroatoms. The van der Waals surface area contributed by atoms with Crippen LogP contribution >= 0.6 is 12.2 Å². The summed E-state index contributed by atoms with van der Waals surface area (Å²) in [6, 6.07) is 0.0969. The maximum atomic E-state index is 5.55. The van der Waals surface area contributed by atoms with Crippen molar-refractivity contribution in [3.63, 3.8) is 0 Å². The molecule has 0 spiro atoms. The van der Waals surface area contributed by atoms with Crippen LogP contribution in [0.25, 0.3) is 0 Å². The minimum absolute atomic E-state index is 0.0969. The van der Waals surface area contributed by atoms with Gasteiger partial charge >= 0.3 is 0 Å². The molecule has 2 atom stereocenters. The second-order valence-electron chi connectivity index (χ2n) is 3.34. The van der Waals surface area contributed by atoms with E-state index in [1.54, 1.807) is 0 Å². The van der Waals surface area contributed by atoms with E-state index in [1.165, 1.54) is 0 Å². The van der Waals surface area contributed by atoms with E-state index in [2.05, 4.69) is 27.3 Å². The smallest absolute Gasteiger partial charge is 0.0833 e. The molecule has 0 unspecified atom stereocenters. The van der Waals surface area contributed by atoms with Gasteiger partial charge in [0.25, 0.3) is 0 Å². The van der Waals surface area contributed by atoms with Gasteiger partial charge in [-0.1, -0.05) is 0 Å². The summed E-state index contributed by atoms with van der Waals surface area (Å²) in [5.74, 6) is 0. The zero-order valence-corrected chi connectivity index (χ0v) is 9.60. The van der Waals surface area contributed by atoms with Crippen molar-refractivity contribution in [2.45, 2.75) is 26.0 Å². The van der Waals surface area contributed by atoms with E-state index in [-0.39, 0.29) is 12.1 Å². The fraction of sp³-hybridized carbons (Fsp3) is 0.889. The van der Waals surface area contributed by atoms with Crippen LogP contribution in [0.3, 0.4) is 0 Å². The van der Waals surface area contributed by atoms with Gasteiger partial charge in [0.1, 0.15) is 0 Å². The number of nitrogens with zero attached hydrogens (tertiary/aromatic N) is 2. The van der Waals surface area contributed by atoms with Crippen LogP contribution in [0.15, 0.2) is 4.99 Å². The lowest BCUT2D eigenvalue weighted by Crippen LogP contribution is -2.26. The van der Waals surface area contributed by atoms with Crippen LogP contribution in [0.4, 0.5) is 0 Å². The Hall–Kier alpha value is -0.280. The topological polar surface area (TPSA) is 24.8 Å². The third-order valence-electron chi connectivity index (χ3n) is 1.85. The van der Waals surface area contributed by atoms with Crippen molar-refractivity contribution >= 4 is 17.4 Å². The van der Waals surface area contributed by atoms with Crippen LogP contribution < -0.4 is 0 Å². The standard InChI is InChI=1S/C9H18N2OS/c1-8(10-7-13)9(2)12-6-5-11(3)4/h8-9H,5-6H2,1-4H3/t8-,9+/m0/s1. The molecule has 0 amide bonds. The predicted molar refractivity (Wildman–Crippen MR) is 58.5 cm³/mol. The molecule has 0 N–H and O–H groups in total. The lowest BCUT2D eigenvalue weighted by Gasteiger charge is -2.17. The molecule has 0 heterocycles. The third kappa shape index (κ3) is 6.84. The minimum Gasteiger partial charge on any atom is -0.375 e. The normalized spacial score (nSPS) is 15.2. The van der Waals surface area contributed by atoms with E-state index in [0.717, 1.165) is 13.2 Å². The Balaban J connectivity index is 3.61. The first-order chi connectivity index (χ1) is 6.07. The quantitative estimate of drug-likeness (QED) is 0.481. The van der Waals surface area contributed by atoms with Crippen molar-refractivity contribution < 1.29 is 4.74 Å². The SMILES string of the molecule is C[C@H](N=C=S)[C@@H](C)OCCN(C)C. The molecule has 0 saturated heterocycles. The highest BCUT2D eigenvalue weighted by Crippen LogP contribution is 2.01. The summed E-state index contributed by atoms with van der Waals surface area (Å²) in [5.41, 5.74) is 0. The van der Waals surface area contributed by atoms with Crippen molar-refractivity contribution in [1.29, 1.82) is 0 Å². The van der Waals surface area contributed by atoms with Crippen molar-refractivity contribution in [3.8, 4) is 0 Å². The fourth-order valence-electron chi connectivity index (χ4n) is 0.749. The molecule has 3 nitrogen and oxygen atoms in total. The Morgan fingerprint density at radius 1 is 1.46 bits per heavy atom. The predicted octanol–water partition coefficient (Wildman–Crippen LogP) is 1.44. The van der Waals surface area contributed by atoms with Gasteiger partial charge in [0.2, 0.25) is 0 Å². The highest BCUT2D eigenvalue weighted by Gasteiger charge is 2.10. The van der Waals surface area contributed by atoms with E-state index in [0.29, 0.717) is 0 Å². The average Bonchev–Trinajstić information content (AvgIpc) is 2.04. The lowest BCUT2D eigenvalue weighted by molar-refractivity contribution is 0.0441. The zero-order valence-electron chi connectivity index (χ0n) is 8.78. The molecule has 0 aliphatic carbocycles. The van der Waals surface area contributed by atoms with Gasteiger partial charge in [-0.3, -0.25) is 0 Å². The molecule has 0 bridgehead atoms. The molecule has 0 rings (SSSR count). The summed E-state index contributed by atoms with van der Waals surface area (Å²) in [4.78, 5) is 6.03. The van der Waals surface area contributed by atoms with Crippen molar-refractivity contribution in [2.75, 3.05) is 27.2 Å². The summed E-state index contributed by atoms with van der Waals surface area (Å²) >= 11 is 4.52.